The van der Waals surface area contributed by atoms with Crippen molar-refractivity contribution in [3.8, 4) is 5.75 Å². The molecule has 0 aliphatic carbocycles. The number of hydrogen-bond acceptors (Lipinski definition) is 2. The summed E-state index contributed by atoms with van der Waals surface area (Å²) in [6.45, 7) is 3.76. The Hall–Kier alpha value is -2.21. The number of nitrogens with one attached hydrogen (secondary N) is 1. The van der Waals surface area contributed by atoms with Gasteiger partial charge < -0.3 is 10.1 Å². The summed E-state index contributed by atoms with van der Waals surface area (Å²) in [4.78, 5) is 12.1. The zero-order chi connectivity index (χ0) is 19.3. The minimum atomic E-state index is -4.52. The van der Waals surface area contributed by atoms with Gasteiger partial charge in [0.2, 0.25) is 0 Å². The molecule has 7 heteroatoms. The molecule has 0 saturated heterocycles. The first-order chi connectivity index (χ1) is 12.2. The molecule has 1 amide bonds. The maximum atomic E-state index is 12.8. The Morgan fingerprint density at radius 1 is 1.23 bits per heavy atom. The summed E-state index contributed by atoms with van der Waals surface area (Å²) < 4.78 is 43.9. The number of alkyl halides is 3. The fourth-order valence-electron chi connectivity index (χ4n) is 2.37. The van der Waals surface area contributed by atoms with Gasteiger partial charge in [0.25, 0.3) is 5.91 Å². The molecule has 0 radical (unpaired) electrons. The molecule has 2 aromatic carbocycles. The van der Waals surface area contributed by atoms with Crippen LogP contribution in [-0.2, 0) is 11.0 Å². The minimum Gasteiger partial charge on any atom is -0.483 e. The van der Waals surface area contributed by atoms with E-state index in [2.05, 4.69) is 5.32 Å². The topological polar surface area (TPSA) is 38.3 Å². The molecule has 140 valence electrons. The van der Waals surface area contributed by atoms with E-state index in [-0.39, 0.29) is 23.2 Å². The normalized spacial score (nSPS) is 12.5. The monoisotopic (exact) mass is 385 g/mol. The van der Waals surface area contributed by atoms with Crippen LogP contribution in [0.5, 0.6) is 5.75 Å². The van der Waals surface area contributed by atoms with E-state index in [1.165, 1.54) is 0 Å². The second kappa shape index (κ2) is 8.45. The van der Waals surface area contributed by atoms with Gasteiger partial charge in [-0.3, -0.25) is 4.79 Å². The number of anilines is 1. The van der Waals surface area contributed by atoms with Gasteiger partial charge in [-0.1, -0.05) is 43.6 Å². The first kappa shape index (κ1) is 20.1. The van der Waals surface area contributed by atoms with Gasteiger partial charge in [-0.15, -0.1) is 0 Å². The third-order valence-electron chi connectivity index (χ3n) is 3.99. The molecule has 0 heterocycles. The van der Waals surface area contributed by atoms with Crippen molar-refractivity contribution < 1.29 is 22.7 Å². The fourth-order valence-corrected chi connectivity index (χ4v) is 2.53. The highest BCUT2D eigenvalue weighted by molar-refractivity contribution is 6.33. The minimum absolute atomic E-state index is 0.0198. The van der Waals surface area contributed by atoms with Crippen LogP contribution in [-0.4, -0.2) is 12.5 Å². The smallest absolute Gasteiger partial charge is 0.416 e. The number of carbonyl (C=O) groups is 1. The Labute approximate surface area is 155 Å². The summed E-state index contributed by atoms with van der Waals surface area (Å²) in [5.74, 6) is 0.240. The zero-order valence-corrected chi connectivity index (χ0v) is 15.1. The van der Waals surface area contributed by atoms with E-state index in [9.17, 15) is 18.0 Å². The van der Waals surface area contributed by atoms with Gasteiger partial charge >= 0.3 is 6.18 Å². The SMILES string of the molecule is CCC(C)c1ccccc1OCC(=O)Nc1cc(C(F)(F)F)ccc1Cl. The van der Waals surface area contributed by atoms with Crippen LogP contribution >= 0.6 is 11.6 Å². The summed E-state index contributed by atoms with van der Waals surface area (Å²) in [5.41, 5.74) is -0.0227. The van der Waals surface area contributed by atoms with Crippen LogP contribution in [0.4, 0.5) is 18.9 Å². The van der Waals surface area contributed by atoms with Crippen molar-refractivity contribution in [1.29, 1.82) is 0 Å². The fraction of sp³-hybridized carbons (Fsp3) is 0.316. The molecule has 0 aliphatic heterocycles. The number of hydrogen-bond donors (Lipinski definition) is 1. The van der Waals surface area contributed by atoms with Gasteiger partial charge in [0.15, 0.2) is 6.61 Å². The highest BCUT2D eigenvalue weighted by Gasteiger charge is 2.31. The third-order valence-corrected chi connectivity index (χ3v) is 4.32. The third kappa shape index (κ3) is 5.14. The van der Waals surface area contributed by atoms with E-state index >= 15 is 0 Å². The summed E-state index contributed by atoms with van der Waals surface area (Å²) in [6.07, 6.45) is -3.61. The number of carbonyl (C=O) groups excluding carboxylic acids is 1. The molecule has 1 N–H and O–H groups in total. The number of ether oxygens (including phenoxy) is 1. The summed E-state index contributed by atoms with van der Waals surface area (Å²) >= 11 is 5.87. The Bertz CT molecular complexity index is 778. The Morgan fingerprint density at radius 2 is 1.92 bits per heavy atom. The number of halogens is 4. The number of rotatable bonds is 6. The predicted octanol–water partition coefficient (Wildman–Crippen LogP) is 5.89. The van der Waals surface area contributed by atoms with E-state index in [0.717, 1.165) is 30.2 Å². The lowest BCUT2D eigenvalue weighted by Gasteiger charge is -2.16. The molecule has 0 spiro atoms. The van der Waals surface area contributed by atoms with Crippen LogP contribution in [0.1, 0.15) is 37.3 Å². The Balaban J connectivity index is 2.07. The standard InChI is InChI=1S/C19H19ClF3NO2/c1-3-12(2)14-6-4-5-7-17(14)26-11-18(25)24-16-10-13(19(21,22)23)8-9-15(16)20/h4-10,12H,3,11H2,1-2H3,(H,24,25). The lowest BCUT2D eigenvalue weighted by atomic mass is 9.98. The quantitative estimate of drug-likeness (QED) is 0.673. The first-order valence-electron chi connectivity index (χ1n) is 8.10. The summed E-state index contributed by atoms with van der Waals surface area (Å²) in [7, 11) is 0. The second-order valence-electron chi connectivity index (χ2n) is 5.88. The van der Waals surface area contributed by atoms with Crippen molar-refractivity contribution in [2.75, 3.05) is 11.9 Å². The average Bonchev–Trinajstić information content (AvgIpc) is 2.60. The van der Waals surface area contributed by atoms with E-state index in [4.69, 9.17) is 16.3 Å². The average molecular weight is 386 g/mol. The van der Waals surface area contributed by atoms with Crippen molar-refractivity contribution in [1.82, 2.24) is 0 Å². The van der Waals surface area contributed by atoms with Crippen LogP contribution in [0, 0.1) is 0 Å². The van der Waals surface area contributed by atoms with E-state index in [1.54, 1.807) is 12.1 Å². The highest BCUT2D eigenvalue weighted by Crippen LogP contribution is 2.34. The van der Waals surface area contributed by atoms with Gasteiger partial charge in [-0.2, -0.15) is 13.2 Å². The molecular formula is C19H19ClF3NO2. The van der Waals surface area contributed by atoms with Gasteiger partial charge in [0.1, 0.15) is 5.75 Å². The number of benzene rings is 2. The molecule has 0 aromatic heterocycles. The van der Waals surface area contributed by atoms with E-state index in [0.29, 0.717) is 5.75 Å². The van der Waals surface area contributed by atoms with Crippen LogP contribution in [0.2, 0.25) is 5.02 Å². The van der Waals surface area contributed by atoms with Gasteiger partial charge in [0.05, 0.1) is 16.3 Å². The zero-order valence-electron chi connectivity index (χ0n) is 14.4. The largest absolute Gasteiger partial charge is 0.483 e. The molecule has 26 heavy (non-hydrogen) atoms. The Morgan fingerprint density at radius 3 is 2.58 bits per heavy atom. The molecule has 0 bridgehead atoms. The van der Waals surface area contributed by atoms with Crippen molar-refractivity contribution in [3.05, 3.63) is 58.6 Å². The molecule has 1 unspecified atom stereocenters. The molecule has 2 rings (SSSR count). The van der Waals surface area contributed by atoms with Crippen LogP contribution in [0.25, 0.3) is 0 Å². The molecule has 0 fully saturated rings. The van der Waals surface area contributed by atoms with E-state index < -0.39 is 17.6 Å². The molecule has 3 nitrogen and oxygen atoms in total. The van der Waals surface area contributed by atoms with Gasteiger partial charge in [0, 0.05) is 0 Å². The summed E-state index contributed by atoms with van der Waals surface area (Å²) in [6, 6.07) is 10.1. The van der Waals surface area contributed by atoms with Crippen LogP contribution < -0.4 is 10.1 Å². The number of amides is 1. The van der Waals surface area contributed by atoms with Gasteiger partial charge in [-0.05, 0) is 42.2 Å². The maximum Gasteiger partial charge on any atom is 0.416 e. The van der Waals surface area contributed by atoms with E-state index in [1.807, 2.05) is 26.0 Å². The van der Waals surface area contributed by atoms with Crippen molar-refractivity contribution >= 4 is 23.2 Å². The molecule has 1 atom stereocenters. The molecular weight excluding hydrogens is 367 g/mol. The molecule has 0 aliphatic rings. The van der Waals surface area contributed by atoms with Gasteiger partial charge in [-0.25, -0.2) is 0 Å². The highest BCUT2D eigenvalue weighted by atomic mass is 35.5. The van der Waals surface area contributed by atoms with Crippen LogP contribution in [0.3, 0.4) is 0 Å². The predicted molar refractivity (Wildman–Crippen MR) is 95.7 cm³/mol. The summed E-state index contributed by atoms with van der Waals surface area (Å²) in [5, 5.41) is 2.38. The molecule has 2 aromatic rings. The lowest BCUT2D eigenvalue weighted by molar-refractivity contribution is -0.137. The maximum absolute atomic E-state index is 12.8. The first-order valence-corrected chi connectivity index (χ1v) is 8.48. The van der Waals surface area contributed by atoms with Crippen LogP contribution in [0.15, 0.2) is 42.5 Å². The molecule has 0 saturated carbocycles. The van der Waals surface area contributed by atoms with Crippen molar-refractivity contribution in [3.63, 3.8) is 0 Å². The lowest BCUT2D eigenvalue weighted by Crippen LogP contribution is -2.21. The number of para-hydroxylation sites is 1. The second-order valence-corrected chi connectivity index (χ2v) is 6.28. The Kier molecular flexibility index (Phi) is 6.53. The van der Waals surface area contributed by atoms with Crippen molar-refractivity contribution in [2.45, 2.75) is 32.4 Å². The van der Waals surface area contributed by atoms with Crippen molar-refractivity contribution in [2.24, 2.45) is 0 Å².